The standard InChI is InChI=1S/C18H29N5O2.HI/c1-6-20-16(25)14-9-7-8-13(10-14)11-21-17(19-5)22-12-15(24)23-18(2,3)4;/h7-10H,6,11-12H2,1-5H3,(H,20,25)(H,23,24)(H2,19,21,22);1H. The molecule has 0 aliphatic carbocycles. The molecule has 8 heteroatoms. The zero-order chi connectivity index (χ0) is 18.9. The fourth-order valence-corrected chi connectivity index (χ4v) is 2.12. The fraction of sp³-hybridized carbons (Fsp3) is 0.500. The molecule has 4 N–H and O–H groups in total. The first-order valence-corrected chi connectivity index (χ1v) is 8.38. The summed E-state index contributed by atoms with van der Waals surface area (Å²) in [5, 5.41) is 11.7. The number of aliphatic imine (C=N–C) groups is 1. The molecule has 26 heavy (non-hydrogen) atoms. The van der Waals surface area contributed by atoms with E-state index in [4.69, 9.17) is 0 Å². The van der Waals surface area contributed by atoms with E-state index in [1.54, 1.807) is 13.1 Å². The highest BCUT2D eigenvalue weighted by Crippen LogP contribution is 2.05. The zero-order valence-corrected chi connectivity index (χ0v) is 18.4. The summed E-state index contributed by atoms with van der Waals surface area (Å²) in [5.74, 6) is 0.326. The summed E-state index contributed by atoms with van der Waals surface area (Å²) in [6.07, 6.45) is 0. The van der Waals surface area contributed by atoms with E-state index in [0.29, 0.717) is 24.6 Å². The van der Waals surface area contributed by atoms with Gasteiger partial charge in [-0.1, -0.05) is 12.1 Å². The number of nitrogens with one attached hydrogen (secondary N) is 4. The Balaban J connectivity index is 0.00000625. The van der Waals surface area contributed by atoms with Gasteiger partial charge in [0, 0.05) is 31.2 Å². The van der Waals surface area contributed by atoms with Crippen molar-refractivity contribution in [1.82, 2.24) is 21.3 Å². The monoisotopic (exact) mass is 475 g/mol. The molecular weight excluding hydrogens is 445 g/mol. The maximum atomic E-state index is 11.9. The van der Waals surface area contributed by atoms with Gasteiger partial charge in [-0.25, -0.2) is 0 Å². The normalized spacial score (nSPS) is 11.2. The number of halogens is 1. The molecule has 0 aliphatic rings. The second kappa shape index (κ2) is 11.7. The highest BCUT2D eigenvalue weighted by atomic mass is 127. The number of carbonyl (C=O) groups is 2. The lowest BCUT2D eigenvalue weighted by Crippen LogP contribution is -2.48. The third kappa shape index (κ3) is 9.59. The minimum atomic E-state index is -0.269. The Morgan fingerprint density at radius 1 is 1.12 bits per heavy atom. The number of guanidine groups is 1. The van der Waals surface area contributed by atoms with Crippen molar-refractivity contribution in [2.45, 2.75) is 39.8 Å². The van der Waals surface area contributed by atoms with Gasteiger partial charge in [-0.3, -0.25) is 14.6 Å². The third-order valence-corrected chi connectivity index (χ3v) is 3.14. The smallest absolute Gasteiger partial charge is 0.251 e. The van der Waals surface area contributed by atoms with Gasteiger partial charge in [0.1, 0.15) is 0 Å². The molecular formula is C18H30IN5O2. The van der Waals surface area contributed by atoms with Crippen molar-refractivity contribution < 1.29 is 9.59 Å². The van der Waals surface area contributed by atoms with Gasteiger partial charge in [0.05, 0.1) is 6.54 Å². The molecule has 0 atom stereocenters. The zero-order valence-electron chi connectivity index (χ0n) is 16.1. The van der Waals surface area contributed by atoms with Gasteiger partial charge in [0.25, 0.3) is 5.91 Å². The lowest BCUT2D eigenvalue weighted by atomic mass is 10.1. The van der Waals surface area contributed by atoms with Crippen LogP contribution in [0.15, 0.2) is 29.3 Å². The third-order valence-electron chi connectivity index (χ3n) is 3.14. The van der Waals surface area contributed by atoms with Crippen molar-refractivity contribution in [3.63, 3.8) is 0 Å². The topological polar surface area (TPSA) is 94.6 Å². The quantitative estimate of drug-likeness (QED) is 0.286. The van der Waals surface area contributed by atoms with Crippen LogP contribution in [0.5, 0.6) is 0 Å². The molecule has 2 amide bonds. The predicted octanol–water partition coefficient (Wildman–Crippen LogP) is 1.63. The van der Waals surface area contributed by atoms with Crippen LogP contribution in [0, 0.1) is 0 Å². The lowest BCUT2D eigenvalue weighted by Gasteiger charge is -2.21. The SMILES string of the molecule is CCNC(=O)c1cccc(CNC(=NC)NCC(=O)NC(C)(C)C)c1.I. The minimum Gasteiger partial charge on any atom is -0.352 e. The Hall–Kier alpha value is -1.84. The van der Waals surface area contributed by atoms with E-state index >= 15 is 0 Å². The summed E-state index contributed by atoms with van der Waals surface area (Å²) >= 11 is 0. The van der Waals surface area contributed by atoms with Crippen molar-refractivity contribution in [3.05, 3.63) is 35.4 Å². The highest BCUT2D eigenvalue weighted by Gasteiger charge is 2.13. The first-order valence-electron chi connectivity index (χ1n) is 8.38. The number of hydrogen-bond acceptors (Lipinski definition) is 3. The Bertz CT molecular complexity index is 626. The molecule has 0 fully saturated rings. The number of amides is 2. The minimum absolute atomic E-state index is 0. The maximum absolute atomic E-state index is 11.9. The molecule has 0 saturated carbocycles. The second-order valence-corrected chi connectivity index (χ2v) is 6.64. The maximum Gasteiger partial charge on any atom is 0.251 e. The fourth-order valence-electron chi connectivity index (χ4n) is 2.12. The molecule has 0 saturated heterocycles. The van der Waals surface area contributed by atoms with E-state index < -0.39 is 0 Å². The first kappa shape index (κ1) is 24.2. The van der Waals surface area contributed by atoms with Crippen LogP contribution < -0.4 is 21.3 Å². The van der Waals surface area contributed by atoms with E-state index in [1.165, 1.54) is 0 Å². The number of hydrogen-bond donors (Lipinski definition) is 4. The average Bonchev–Trinajstić information content (AvgIpc) is 2.54. The van der Waals surface area contributed by atoms with Gasteiger partial charge in [0.15, 0.2) is 5.96 Å². The van der Waals surface area contributed by atoms with Gasteiger partial charge in [-0.15, -0.1) is 24.0 Å². The Morgan fingerprint density at radius 2 is 1.81 bits per heavy atom. The Labute approximate surface area is 172 Å². The summed E-state index contributed by atoms with van der Waals surface area (Å²) in [6, 6.07) is 7.37. The van der Waals surface area contributed by atoms with E-state index in [-0.39, 0.29) is 47.9 Å². The van der Waals surface area contributed by atoms with E-state index in [2.05, 4.69) is 26.3 Å². The van der Waals surface area contributed by atoms with Crippen LogP contribution in [0.4, 0.5) is 0 Å². The van der Waals surface area contributed by atoms with Crippen LogP contribution >= 0.6 is 24.0 Å². The molecule has 0 bridgehead atoms. The van der Waals surface area contributed by atoms with Crippen LogP contribution in [0.1, 0.15) is 43.6 Å². The molecule has 0 aromatic heterocycles. The number of rotatable bonds is 6. The van der Waals surface area contributed by atoms with E-state index in [1.807, 2.05) is 45.9 Å². The van der Waals surface area contributed by atoms with E-state index in [0.717, 1.165) is 5.56 Å². The van der Waals surface area contributed by atoms with Crippen molar-refractivity contribution in [2.24, 2.45) is 4.99 Å². The summed E-state index contributed by atoms with van der Waals surface area (Å²) in [7, 11) is 1.64. The molecule has 0 spiro atoms. The summed E-state index contributed by atoms with van der Waals surface area (Å²) in [6.45, 7) is 8.89. The van der Waals surface area contributed by atoms with Gasteiger partial charge < -0.3 is 21.3 Å². The number of benzene rings is 1. The molecule has 7 nitrogen and oxygen atoms in total. The van der Waals surface area contributed by atoms with Gasteiger partial charge in [-0.2, -0.15) is 0 Å². The summed E-state index contributed by atoms with van der Waals surface area (Å²) in [4.78, 5) is 27.8. The number of carbonyl (C=O) groups excluding carboxylic acids is 2. The number of nitrogens with zero attached hydrogens (tertiary/aromatic N) is 1. The summed E-state index contributed by atoms with van der Waals surface area (Å²) in [5.41, 5.74) is 1.30. The predicted molar refractivity (Wildman–Crippen MR) is 116 cm³/mol. The van der Waals surface area contributed by atoms with Crippen LogP contribution in [0.3, 0.4) is 0 Å². The molecule has 1 aromatic rings. The van der Waals surface area contributed by atoms with E-state index in [9.17, 15) is 9.59 Å². The van der Waals surface area contributed by atoms with Gasteiger partial charge in [0.2, 0.25) is 5.91 Å². The van der Waals surface area contributed by atoms with Crippen LogP contribution in [0.25, 0.3) is 0 Å². The van der Waals surface area contributed by atoms with Gasteiger partial charge in [-0.05, 0) is 45.4 Å². The first-order chi connectivity index (χ1) is 11.7. The lowest BCUT2D eigenvalue weighted by molar-refractivity contribution is -0.121. The molecule has 0 radical (unpaired) electrons. The van der Waals surface area contributed by atoms with Gasteiger partial charge >= 0.3 is 0 Å². The van der Waals surface area contributed by atoms with Crippen LogP contribution in [0.2, 0.25) is 0 Å². The van der Waals surface area contributed by atoms with Crippen molar-refractivity contribution >= 4 is 41.8 Å². The molecule has 146 valence electrons. The summed E-state index contributed by atoms with van der Waals surface area (Å²) < 4.78 is 0. The molecule has 0 unspecified atom stereocenters. The molecule has 1 rings (SSSR count). The van der Waals surface area contributed by atoms with Crippen molar-refractivity contribution in [2.75, 3.05) is 20.1 Å². The Kier molecular flexibility index (Phi) is 10.9. The largest absolute Gasteiger partial charge is 0.352 e. The molecule has 0 heterocycles. The van der Waals surface area contributed by atoms with Crippen molar-refractivity contribution in [3.8, 4) is 0 Å². The second-order valence-electron chi connectivity index (χ2n) is 6.64. The molecule has 0 aliphatic heterocycles. The van der Waals surface area contributed by atoms with Crippen LogP contribution in [-0.4, -0.2) is 43.5 Å². The van der Waals surface area contributed by atoms with Crippen LogP contribution in [-0.2, 0) is 11.3 Å². The molecule has 1 aromatic carbocycles. The van der Waals surface area contributed by atoms with Crippen molar-refractivity contribution in [1.29, 1.82) is 0 Å². The highest BCUT2D eigenvalue weighted by molar-refractivity contribution is 14.0. The average molecular weight is 475 g/mol. The Morgan fingerprint density at radius 3 is 2.38 bits per heavy atom.